The maximum atomic E-state index is 12.9. The molecular formula is C13H17ClFNO2. The van der Waals surface area contributed by atoms with E-state index in [4.69, 9.17) is 16.3 Å². The summed E-state index contributed by atoms with van der Waals surface area (Å²) >= 11 is 5.97. The highest BCUT2D eigenvalue weighted by atomic mass is 35.5. The average molecular weight is 274 g/mol. The van der Waals surface area contributed by atoms with Crippen molar-refractivity contribution in [3.63, 3.8) is 0 Å². The van der Waals surface area contributed by atoms with Crippen LogP contribution in [-0.4, -0.2) is 30.5 Å². The quantitative estimate of drug-likeness (QED) is 0.883. The van der Waals surface area contributed by atoms with Crippen LogP contribution in [0.1, 0.15) is 18.4 Å². The molecule has 1 aromatic carbocycles. The Morgan fingerprint density at radius 3 is 2.72 bits per heavy atom. The number of benzene rings is 1. The molecule has 18 heavy (non-hydrogen) atoms. The summed E-state index contributed by atoms with van der Waals surface area (Å²) in [6.45, 7) is 1.87. The van der Waals surface area contributed by atoms with Gasteiger partial charge in [0.05, 0.1) is 6.61 Å². The van der Waals surface area contributed by atoms with E-state index in [1.165, 1.54) is 12.1 Å². The SMILES string of the molecule is OCC1(NCc2ccc(F)cc2Cl)CCOCC1. The first-order chi connectivity index (χ1) is 8.65. The van der Waals surface area contributed by atoms with E-state index in [1.54, 1.807) is 6.07 Å². The van der Waals surface area contributed by atoms with Gasteiger partial charge in [-0.25, -0.2) is 4.39 Å². The molecule has 5 heteroatoms. The van der Waals surface area contributed by atoms with Crippen molar-refractivity contribution in [1.82, 2.24) is 5.32 Å². The standard InChI is InChI=1S/C13H17ClFNO2/c14-12-7-11(15)2-1-10(12)8-16-13(9-17)3-5-18-6-4-13/h1-2,7,16-17H,3-6,8-9H2. The molecule has 0 bridgehead atoms. The molecule has 3 nitrogen and oxygen atoms in total. The minimum atomic E-state index is -0.341. The van der Waals surface area contributed by atoms with Crippen molar-refractivity contribution in [3.05, 3.63) is 34.6 Å². The lowest BCUT2D eigenvalue weighted by atomic mass is 9.90. The number of nitrogens with one attached hydrogen (secondary N) is 1. The number of ether oxygens (including phenoxy) is 1. The lowest BCUT2D eigenvalue weighted by Crippen LogP contribution is -2.51. The minimum Gasteiger partial charge on any atom is -0.394 e. The molecule has 2 N–H and O–H groups in total. The second-order valence-electron chi connectivity index (χ2n) is 4.64. The second kappa shape index (κ2) is 5.97. The first-order valence-corrected chi connectivity index (χ1v) is 6.41. The molecule has 1 aliphatic heterocycles. The predicted octanol–water partition coefficient (Wildman–Crippen LogP) is 2.11. The van der Waals surface area contributed by atoms with Crippen LogP contribution in [-0.2, 0) is 11.3 Å². The maximum Gasteiger partial charge on any atom is 0.124 e. The Morgan fingerprint density at radius 2 is 2.11 bits per heavy atom. The van der Waals surface area contributed by atoms with E-state index in [0.717, 1.165) is 18.4 Å². The van der Waals surface area contributed by atoms with Gasteiger partial charge < -0.3 is 15.2 Å². The molecule has 0 amide bonds. The van der Waals surface area contributed by atoms with Crippen molar-refractivity contribution in [1.29, 1.82) is 0 Å². The molecule has 0 spiro atoms. The third-order valence-corrected chi connectivity index (χ3v) is 3.77. The van der Waals surface area contributed by atoms with Crippen molar-refractivity contribution >= 4 is 11.6 Å². The summed E-state index contributed by atoms with van der Waals surface area (Å²) in [5.41, 5.74) is 0.521. The normalized spacial score (nSPS) is 18.8. The third kappa shape index (κ3) is 3.20. The molecule has 1 aromatic rings. The monoisotopic (exact) mass is 273 g/mol. The molecule has 1 heterocycles. The summed E-state index contributed by atoms with van der Waals surface area (Å²) in [7, 11) is 0. The zero-order valence-electron chi connectivity index (χ0n) is 10.1. The number of hydrogen-bond donors (Lipinski definition) is 2. The van der Waals surface area contributed by atoms with E-state index < -0.39 is 0 Å². The molecule has 1 aliphatic rings. The summed E-state index contributed by atoms with van der Waals surface area (Å²) in [5, 5.41) is 13.3. The van der Waals surface area contributed by atoms with Crippen molar-refractivity contribution < 1.29 is 14.2 Å². The molecule has 2 rings (SSSR count). The van der Waals surface area contributed by atoms with Crippen LogP contribution in [0.25, 0.3) is 0 Å². The van der Waals surface area contributed by atoms with Gasteiger partial charge in [-0.1, -0.05) is 17.7 Å². The summed E-state index contributed by atoms with van der Waals surface area (Å²) in [6, 6.07) is 4.35. The van der Waals surface area contributed by atoms with Crippen LogP contribution in [0, 0.1) is 5.82 Å². The number of rotatable bonds is 4. The molecule has 0 saturated carbocycles. The fraction of sp³-hybridized carbons (Fsp3) is 0.538. The first kappa shape index (κ1) is 13.7. The fourth-order valence-electron chi connectivity index (χ4n) is 2.10. The number of aliphatic hydroxyl groups is 1. The van der Waals surface area contributed by atoms with E-state index in [-0.39, 0.29) is 18.0 Å². The smallest absolute Gasteiger partial charge is 0.124 e. The maximum absolute atomic E-state index is 12.9. The fourth-order valence-corrected chi connectivity index (χ4v) is 2.33. The van der Waals surface area contributed by atoms with Crippen molar-refractivity contribution in [2.75, 3.05) is 19.8 Å². The van der Waals surface area contributed by atoms with E-state index in [9.17, 15) is 9.50 Å². The Hall–Kier alpha value is -0.680. The average Bonchev–Trinajstić information content (AvgIpc) is 2.39. The van der Waals surface area contributed by atoms with Gasteiger partial charge in [0.15, 0.2) is 0 Å². The summed E-state index contributed by atoms with van der Waals surface area (Å²) in [6.07, 6.45) is 1.53. The van der Waals surface area contributed by atoms with Gasteiger partial charge in [0, 0.05) is 30.3 Å². The van der Waals surface area contributed by atoms with Crippen LogP contribution in [0.4, 0.5) is 4.39 Å². The Balaban J connectivity index is 2.01. The van der Waals surface area contributed by atoms with Gasteiger partial charge in [0.25, 0.3) is 0 Å². The zero-order valence-corrected chi connectivity index (χ0v) is 10.8. The molecule has 100 valence electrons. The zero-order chi connectivity index (χ0) is 13.0. The summed E-state index contributed by atoms with van der Waals surface area (Å²) in [4.78, 5) is 0. The highest BCUT2D eigenvalue weighted by Crippen LogP contribution is 2.23. The number of halogens is 2. The van der Waals surface area contributed by atoms with Gasteiger partial charge in [0.1, 0.15) is 5.82 Å². The molecule has 0 radical (unpaired) electrons. The molecule has 0 aromatic heterocycles. The van der Waals surface area contributed by atoms with E-state index in [2.05, 4.69) is 5.32 Å². The Morgan fingerprint density at radius 1 is 1.39 bits per heavy atom. The highest BCUT2D eigenvalue weighted by Gasteiger charge is 2.31. The summed E-state index contributed by atoms with van der Waals surface area (Å²) in [5.74, 6) is -0.341. The summed E-state index contributed by atoms with van der Waals surface area (Å²) < 4.78 is 18.2. The lowest BCUT2D eigenvalue weighted by Gasteiger charge is -2.36. The van der Waals surface area contributed by atoms with Crippen molar-refractivity contribution in [3.8, 4) is 0 Å². The van der Waals surface area contributed by atoms with Gasteiger partial charge >= 0.3 is 0 Å². The van der Waals surface area contributed by atoms with Crippen LogP contribution < -0.4 is 5.32 Å². The van der Waals surface area contributed by atoms with E-state index in [1.807, 2.05) is 0 Å². The highest BCUT2D eigenvalue weighted by molar-refractivity contribution is 6.31. The Kier molecular flexibility index (Phi) is 4.56. The molecular weight excluding hydrogens is 257 g/mol. The second-order valence-corrected chi connectivity index (χ2v) is 5.05. The predicted molar refractivity (Wildman–Crippen MR) is 68.1 cm³/mol. The van der Waals surface area contributed by atoms with Gasteiger partial charge in [-0.15, -0.1) is 0 Å². The molecule has 1 saturated heterocycles. The first-order valence-electron chi connectivity index (χ1n) is 6.03. The Bertz CT molecular complexity index is 408. The van der Waals surface area contributed by atoms with E-state index >= 15 is 0 Å². The topological polar surface area (TPSA) is 41.5 Å². The largest absolute Gasteiger partial charge is 0.394 e. The molecule has 0 aliphatic carbocycles. The van der Waals surface area contributed by atoms with Crippen LogP contribution in [0.2, 0.25) is 5.02 Å². The third-order valence-electron chi connectivity index (χ3n) is 3.42. The van der Waals surface area contributed by atoms with Crippen molar-refractivity contribution in [2.45, 2.75) is 24.9 Å². The van der Waals surface area contributed by atoms with Gasteiger partial charge in [-0.05, 0) is 30.5 Å². The van der Waals surface area contributed by atoms with E-state index in [0.29, 0.717) is 24.8 Å². The van der Waals surface area contributed by atoms with Crippen LogP contribution in [0.5, 0.6) is 0 Å². The number of aliphatic hydroxyl groups excluding tert-OH is 1. The van der Waals surface area contributed by atoms with Crippen LogP contribution in [0.3, 0.4) is 0 Å². The van der Waals surface area contributed by atoms with Crippen LogP contribution >= 0.6 is 11.6 Å². The number of hydrogen-bond acceptors (Lipinski definition) is 3. The van der Waals surface area contributed by atoms with Gasteiger partial charge in [-0.2, -0.15) is 0 Å². The van der Waals surface area contributed by atoms with Gasteiger partial charge in [-0.3, -0.25) is 0 Å². The molecule has 0 unspecified atom stereocenters. The van der Waals surface area contributed by atoms with Crippen molar-refractivity contribution in [2.24, 2.45) is 0 Å². The van der Waals surface area contributed by atoms with Gasteiger partial charge in [0.2, 0.25) is 0 Å². The Labute approximate surface area is 111 Å². The molecule has 0 atom stereocenters. The molecule has 1 fully saturated rings. The minimum absolute atomic E-state index is 0.0647. The lowest BCUT2D eigenvalue weighted by molar-refractivity contribution is 0.0112. The van der Waals surface area contributed by atoms with Crippen LogP contribution in [0.15, 0.2) is 18.2 Å².